The van der Waals surface area contributed by atoms with Gasteiger partial charge in [-0.15, -0.1) is 11.3 Å². The summed E-state index contributed by atoms with van der Waals surface area (Å²) in [4.78, 5) is 28.9. The Morgan fingerprint density at radius 3 is 2.68 bits per heavy atom. The molecule has 0 aliphatic carbocycles. The molecule has 0 atom stereocenters. The second kappa shape index (κ2) is 6.87. The van der Waals surface area contributed by atoms with Crippen LogP contribution >= 0.6 is 22.9 Å². The Morgan fingerprint density at radius 2 is 2.09 bits per heavy atom. The molecule has 0 saturated carbocycles. The lowest BCUT2D eigenvalue weighted by atomic mass is 10.0. The predicted octanol–water partition coefficient (Wildman–Crippen LogP) is 2.35. The summed E-state index contributed by atoms with van der Waals surface area (Å²) >= 11 is 7.44. The van der Waals surface area contributed by atoms with E-state index in [9.17, 15) is 9.59 Å². The van der Waals surface area contributed by atoms with Crippen LogP contribution in [0, 0.1) is 0 Å². The van der Waals surface area contributed by atoms with Crippen molar-refractivity contribution in [1.82, 2.24) is 15.1 Å². The molecule has 2 saturated heterocycles. The summed E-state index contributed by atoms with van der Waals surface area (Å²) in [6.07, 6.45) is 3.05. The highest BCUT2D eigenvalue weighted by atomic mass is 35.5. The third kappa shape index (κ3) is 3.55. The largest absolute Gasteiger partial charge is 0.343 e. The van der Waals surface area contributed by atoms with Crippen LogP contribution in [0.15, 0.2) is 12.1 Å². The average molecular weight is 342 g/mol. The molecular formula is C15H20ClN3O2S. The van der Waals surface area contributed by atoms with Crippen LogP contribution in [0.25, 0.3) is 0 Å². The van der Waals surface area contributed by atoms with Crippen molar-refractivity contribution in [3.05, 3.63) is 21.3 Å². The molecule has 2 aliphatic rings. The highest BCUT2D eigenvalue weighted by molar-refractivity contribution is 7.16. The van der Waals surface area contributed by atoms with Crippen molar-refractivity contribution in [3.8, 4) is 0 Å². The van der Waals surface area contributed by atoms with Crippen LogP contribution in [0.3, 0.4) is 0 Å². The zero-order valence-corrected chi connectivity index (χ0v) is 14.0. The molecule has 3 heterocycles. The number of nitrogens with zero attached hydrogens (tertiary/aromatic N) is 2. The number of aryl methyl sites for hydroxylation is 1. The summed E-state index contributed by atoms with van der Waals surface area (Å²) < 4.78 is 0.771. The predicted molar refractivity (Wildman–Crippen MR) is 87.4 cm³/mol. The van der Waals surface area contributed by atoms with Crippen LogP contribution in [0.4, 0.5) is 4.79 Å². The maximum absolute atomic E-state index is 12.3. The maximum Gasteiger partial charge on any atom is 0.317 e. The summed E-state index contributed by atoms with van der Waals surface area (Å²) in [5, 5.41) is 2.84. The molecule has 0 bridgehead atoms. The molecule has 2 fully saturated rings. The first-order chi connectivity index (χ1) is 10.6. The number of hydrogen-bond acceptors (Lipinski definition) is 3. The first kappa shape index (κ1) is 15.6. The number of hydrogen-bond donors (Lipinski definition) is 1. The van der Waals surface area contributed by atoms with Crippen LogP contribution in [0.5, 0.6) is 0 Å². The normalized spacial score (nSPS) is 19.6. The lowest BCUT2D eigenvalue weighted by Crippen LogP contribution is -2.47. The summed E-state index contributed by atoms with van der Waals surface area (Å²) in [6, 6.07) is 4.18. The second-order valence-electron chi connectivity index (χ2n) is 5.74. The average Bonchev–Trinajstić information content (AvgIpc) is 3.13. The molecule has 120 valence electrons. The van der Waals surface area contributed by atoms with Crippen LogP contribution in [0.2, 0.25) is 4.34 Å². The monoisotopic (exact) mass is 341 g/mol. The van der Waals surface area contributed by atoms with Crippen molar-refractivity contribution in [1.29, 1.82) is 0 Å². The van der Waals surface area contributed by atoms with Gasteiger partial charge in [0.05, 0.1) is 4.34 Å². The number of nitrogens with one attached hydrogen (secondary N) is 1. The van der Waals surface area contributed by atoms with Gasteiger partial charge in [0.1, 0.15) is 0 Å². The molecule has 0 unspecified atom stereocenters. The van der Waals surface area contributed by atoms with Crippen molar-refractivity contribution >= 4 is 34.9 Å². The number of halogens is 1. The number of thiophene rings is 1. The van der Waals surface area contributed by atoms with E-state index < -0.39 is 0 Å². The van der Waals surface area contributed by atoms with E-state index in [0.717, 1.165) is 54.7 Å². The standard InChI is InChI=1S/C15H20ClN3O2S/c16-13-3-1-12(22-13)2-4-14(20)18-8-5-11(6-9-18)19-10-7-17-15(19)21/h1,3,11H,2,4-10H2,(H,17,21). The number of carbonyl (C=O) groups excluding carboxylic acids is 2. The van der Waals surface area contributed by atoms with Gasteiger partial charge in [-0.2, -0.15) is 0 Å². The number of amides is 3. The van der Waals surface area contributed by atoms with Crippen molar-refractivity contribution in [2.24, 2.45) is 0 Å². The number of rotatable bonds is 4. The first-order valence-corrected chi connectivity index (χ1v) is 8.89. The summed E-state index contributed by atoms with van der Waals surface area (Å²) in [5.41, 5.74) is 0. The van der Waals surface area contributed by atoms with Crippen molar-refractivity contribution < 1.29 is 9.59 Å². The minimum Gasteiger partial charge on any atom is -0.343 e. The Balaban J connectivity index is 1.44. The van der Waals surface area contributed by atoms with Crippen molar-refractivity contribution in [2.45, 2.75) is 31.7 Å². The van der Waals surface area contributed by atoms with E-state index in [1.54, 1.807) is 0 Å². The van der Waals surface area contributed by atoms with Gasteiger partial charge >= 0.3 is 6.03 Å². The van der Waals surface area contributed by atoms with E-state index in [-0.39, 0.29) is 18.0 Å². The Bertz CT molecular complexity index is 555. The molecule has 1 aromatic rings. The van der Waals surface area contributed by atoms with E-state index in [4.69, 9.17) is 11.6 Å². The lowest BCUT2D eigenvalue weighted by Gasteiger charge is -2.36. The van der Waals surface area contributed by atoms with Gasteiger partial charge in [0.25, 0.3) is 0 Å². The highest BCUT2D eigenvalue weighted by Gasteiger charge is 2.31. The third-order valence-electron chi connectivity index (χ3n) is 4.36. The van der Waals surface area contributed by atoms with Crippen molar-refractivity contribution in [3.63, 3.8) is 0 Å². The number of carbonyl (C=O) groups is 2. The minimum atomic E-state index is 0.0411. The Hall–Kier alpha value is -1.27. The Labute approximate surface area is 139 Å². The molecule has 7 heteroatoms. The van der Waals surface area contributed by atoms with E-state index in [1.165, 1.54) is 11.3 Å². The van der Waals surface area contributed by atoms with Crippen LogP contribution in [-0.2, 0) is 11.2 Å². The van der Waals surface area contributed by atoms with E-state index in [2.05, 4.69) is 5.32 Å². The van der Waals surface area contributed by atoms with E-state index in [0.29, 0.717) is 6.42 Å². The molecule has 3 rings (SSSR count). The topological polar surface area (TPSA) is 52.7 Å². The fourth-order valence-corrected chi connectivity index (χ4v) is 4.22. The van der Waals surface area contributed by atoms with Gasteiger partial charge in [-0.3, -0.25) is 4.79 Å². The van der Waals surface area contributed by atoms with Gasteiger partial charge in [0.2, 0.25) is 5.91 Å². The smallest absolute Gasteiger partial charge is 0.317 e. The molecule has 5 nitrogen and oxygen atoms in total. The van der Waals surface area contributed by atoms with Gasteiger partial charge in [-0.25, -0.2) is 4.79 Å². The quantitative estimate of drug-likeness (QED) is 0.914. The van der Waals surface area contributed by atoms with Crippen LogP contribution in [0.1, 0.15) is 24.1 Å². The van der Waals surface area contributed by atoms with Gasteiger partial charge in [-0.05, 0) is 31.4 Å². The van der Waals surface area contributed by atoms with E-state index in [1.807, 2.05) is 21.9 Å². The highest BCUT2D eigenvalue weighted by Crippen LogP contribution is 2.23. The second-order valence-corrected chi connectivity index (χ2v) is 7.54. The molecule has 3 amide bonds. The lowest BCUT2D eigenvalue weighted by molar-refractivity contribution is -0.132. The zero-order chi connectivity index (χ0) is 15.5. The van der Waals surface area contributed by atoms with Crippen LogP contribution < -0.4 is 5.32 Å². The first-order valence-electron chi connectivity index (χ1n) is 7.70. The number of likely N-dealkylation sites (tertiary alicyclic amines) is 1. The summed E-state index contributed by atoms with van der Waals surface area (Å²) in [7, 11) is 0. The molecule has 0 spiro atoms. The van der Waals surface area contributed by atoms with Gasteiger partial charge in [-0.1, -0.05) is 11.6 Å². The van der Waals surface area contributed by atoms with Gasteiger partial charge in [0, 0.05) is 43.5 Å². The third-order valence-corrected chi connectivity index (χ3v) is 5.65. The van der Waals surface area contributed by atoms with E-state index >= 15 is 0 Å². The Morgan fingerprint density at radius 1 is 1.32 bits per heavy atom. The molecule has 1 N–H and O–H groups in total. The molecular weight excluding hydrogens is 322 g/mol. The summed E-state index contributed by atoms with van der Waals surface area (Å²) in [5.74, 6) is 0.203. The zero-order valence-electron chi connectivity index (χ0n) is 12.4. The minimum absolute atomic E-state index is 0.0411. The van der Waals surface area contributed by atoms with Gasteiger partial charge < -0.3 is 15.1 Å². The number of piperidine rings is 1. The van der Waals surface area contributed by atoms with Crippen LogP contribution in [-0.4, -0.2) is 54.0 Å². The fourth-order valence-electron chi connectivity index (χ4n) is 3.14. The summed E-state index contributed by atoms with van der Waals surface area (Å²) in [6.45, 7) is 3.02. The molecule has 22 heavy (non-hydrogen) atoms. The number of urea groups is 1. The fraction of sp³-hybridized carbons (Fsp3) is 0.600. The maximum atomic E-state index is 12.3. The Kier molecular flexibility index (Phi) is 4.88. The van der Waals surface area contributed by atoms with Crippen molar-refractivity contribution in [2.75, 3.05) is 26.2 Å². The molecule has 1 aromatic heterocycles. The van der Waals surface area contributed by atoms with Gasteiger partial charge in [0.15, 0.2) is 0 Å². The SMILES string of the molecule is O=C(CCc1ccc(Cl)s1)N1CCC(N2CCNC2=O)CC1. The molecule has 2 aliphatic heterocycles. The molecule has 0 aromatic carbocycles. The molecule has 0 radical (unpaired) electrons.